The maximum atomic E-state index is 12.5. The number of halogens is 2. The van der Waals surface area contributed by atoms with Crippen LogP contribution in [-0.2, 0) is 4.74 Å². The lowest BCUT2D eigenvalue weighted by Gasteiger charge is -2.05. The minimum absolute atomic E-state index is 0.265. The van der Waals surface area contributed by atoms with Crippen LogP contribution in [0, 0.1) is 6.92 Å². The Labute approximate surface area is 184 Å². The van der Waals surface area contributed by atoms with E-state index < -0.39 is 5.97 Å². The molecule has 0 N–H and O–H groups in total. The van der Waals surface area contributed by atoms with Crippen molar-refractivity contribution in [3.05, 3.63) is 80.2 Å². The van der Waals surface area contributed by atoms with Crippen molar-refractivity contribution in [2.24, 2.45) is 0 Å². The molecule has 0 unspecified atom stereocenters. The number of hydrogen-bond acceptors (Lipinski definition) is 5. The summed E-state index contributed by atoms with van der Waals surface area (Å²) in [6.45, 7) is 1.55. The summed E-state index contributed by atoms with van der Waals surface area (Å²) in [4.78, 5) is 26.0. The van der Waals surface area contributed by atoms with Crippen molar-refractivity contribution >= 4 is 60.8 Å². The summed E-state index contributed by atoms with van der Waals surface area (Å²) in [6, 6.07) is 16.1. The number of Topliss-reactive ketones (excluding diaryl/α,β-unsaturated/α-hetero) is 1. The summed E-state index contributed by atoms with van der Waals surface area (Å²) in [5, 5.41) is 5.95. The standard InChI is InChI=1S/C21H14BrClN2O3S/c1-12-15-10-19(21(27)28-11-18(26)13-5-4-6-14(22)9-13)29-20(15)25(24-12)17-8-3-2-7-16(17)23/h2-10H,11H2,1H3. The SMILES string of the molecule is Cc1nn(-c2ccccc2Cl)c2sc(C(=O)OCC(=O)c3cccc(Br)c3)cc12. The van der Waals surface area contributed by atoms with Crippen molar-refractivity contribution in [1.29, 1.82) is 0 Å². The highest BCUT2D eigenvalue weighted by Gasteiger charge is 2.20. The summed E-state index contributed by atoms with van der Waals surface area (Å²) in [5.41, 5.74) is 1.99. The maximum absolute atomic E-state index is 12.5. The molecule has 8 heteroatoms. The van der Waals surface area contributed by atoms with Crippen LogP contribution in [0.15, 0.2) is 59.1 Å². The van der Waals surface area contributed by atoms with Crippen molar-refractivity contribution in [2.75, 3.05) is 6.61 Å². The van der Waals surface area contributed by atoms with Crippen molar-refractivity contribution < 1.29 is 14.3 Å². The second kappa shape index (κ2) is 8.10. The molecule has 0 spiro atoms. The van der Waals surface area contributed by atoms with Gasteiger partial charge in [0.2, 0.25) is 0 Å². The molecule has 4 aromatic rings. The summed E-state index contributed by atoms with van der Waals surface area (Å²) >= 11 is 10.9. The number of fused-ring (bicyclic) bond motifs is 1. The van der Waals surface area contributed by atoms with Gasteiger partial charge in [0.25, 0.3) is 0 Å². The van der Waals surface area contributed by atoms with E-state index in [1.165, 1.54) is 11.3 Å². The highest BCUT2D eigenvalue weighted by atomic mass is 79.9. The predicted molar refractivity (Wildman–Crippen MR) is 117 cm³/mol. The largest absolute Gasteiger partial charge is 0.453 e. The molecule has 0 amide bonds. The molecular formula is C21H14BrClN2O3S. The van der Waals surface area contributed by atoms with Crippen molar-refractivity contribution in [2.45, 2.75) is 6.92 Å². The van der Waals surface area contributed by atoms with Crippen LogP contribution in [0.25, 0.3) is 15.9 Å². The Hall–Kier alpha value is -2.48. The van der Waals surface area contributed by atoms with Gasteiger partial charge in [-0.2, -0.15) is 5.10 Å². The summed E-state index contributed by atoms with van der Waals surface area (Å²) in [5.74, 6) is -0.807. The number of nitrogens with zero attached hydrogens (tertiary/aromatic N) is 2. The number of thiophene rings is 1. The lowest BCUT2D eigenvalue weighted by atomic mass is 10.1. The van der Waals surface area contributed by atoms with Gasteiger partial charge in [-0.25, -0.2) is 9.48 Å². The normalized spacial score (nSPS) is 11.0. The molecule has 2 heterocycles. The molecule has 0 aliphatic rings. The third kappa shape index (κ3) is 3.99. The molecular weight excluding hydrogens is 476 g/mol. The van der Waals surface area contributed by atoms with Crippen LogP contribution in [0.1, 0.15) is 25.7 Å². The van der Waals surface area contributed by atoms with Gasteiger partial charge in [-0.3, -0.25) is 4.79 Å². The van der Waals surface area contributed by atoms with Gasteiger partial charge in [-0.1, -0.05) is 51.8 Å². The average molecular weight is 490 g/mol. The number of aromatic nitrogens is 2. The molecule has 0 aliphatic heterocycles. The first-order valence-electron chi connectivity index (χ1n) is 8.64. The predicted octanol–water partition coefficient (Wildman–Crippen LogP) is 5.85. The Morgan fingerprint density at radius 1 is 1.17 bits per heavy atom. The van der Waals surface area contributed by atoms with Crippen LogP contribution < -0.4 is 0 Å². The Balaban J connectivity index is 1.57. The molecule has 0 saturated carbocycles. The highest BCUT2D eigenvalue weighted by Crippen LogP contribution is 2.32. The topological polar surface area (TPSA) is 61.2 Å². The third-order valence-electron chi connectivity index (χ3n) is 4.31. The Kier molecular flexibility index (Phi) is 5.54. The van der Waals surface area contributed by atoms with E-state index >= 15 is 0 Å². The first kappa shape index (κ1) is 19.8. The quantitative estimate of drug-likeness (QED) is 0.260. The van der Waals surface area contributed by atoms with Gasteiger partial charge in [-0.15, -0.1) is 11.3 Å². The minimum atomic E-state index is -0.542. The number of aryl methyl sites for hydroxylation is 1. The zero-order valence-electron chi connectivity index (χ0n) is 15.2. The molecule has 0 atom stereocenters. The summed E-state index contributed by atoms with van der Waals surface area (Å²) < 4.78 is 7.76. The second-order valence-corrected chi connectivity index (χ2v) is 8.64. The average Bonchev–Trinajstić information content (AvgIpc) is 3.27. The van der Waals surface area contributed by atoms with E-state index in [0.29, 0.717) is 15.5 Å². The van der Waals surface area contributed by atoms with Crippen LogP contribution in [0.3, 0.4) is 0 Å². The van der Waals surface area contributed by atoms with Crippen LogP contribution in [0.2, 0.25) is 5.02 Å². The van der Waals surface area contributed by atoms with Gasteiger partial charge in [-0.05, 0) is 37.3 Å². The molecule has 0 bridgehead atoms. The fourth-order valence-corrected chi connectivity index (χ4v) is 4.57. The van der Waals surface area contributed by atoms with Crippen molar-refractivity contribution in [3.8, 4) is 5.69 Å². The molecule has 5 nitrogen and oxygen atoms in total. The molecule has 0 radical (unpaired) electrons. The molecule has 29 heavy (non-hydrogen) atoms. The smallest absolute Gasteiger partial charge is 0.348 e. The number of para-hydroxylation sites is 1. The van der Waals surface area contributed by atoms with Crippen molar-refractivity contribution in [3.63, 3.8) is 0 Å². The van der Waals surface area contributed by atoms with Gasteiger partial charge in [0.05, 0.1) is 16.4 Å². The van der Waals surface area contributed by atoms with E-state index in [-0.39, 0.29) is 12.4 Å². The zero-order chi connectivity index (χ0) is 20.5. The van der Waals surface area contributed by atoms with E-state index in [9.17, 15) is 9.59 Å². The van der Waals surface area contributed by atoms with E-state index in [0.717, 1.165) is 26.1 Å². The lowest BCUT2D eigenvalue weighted by Crippen LogP contribution is -2.13. The lowest BCUT2D eigenvalue weighted by molar-refractivity contribution is 0.0479. The fourth-order valence-electron chi connectivity index (χ4n) is 2.88. The third-order valence-corrected chi connectivity index (χ3v) is 6.21. The van der Waals surface area contributed by atoms with Gasteiger partial charge in [0, 0.05) is 15.4 Å². The van der Waals surface area contributed by atoms with E-state index in [1.807, 2.05) is 31.2 Å². The molecule has 2 aromatic carbocycles. The summed E-state index contributed by atoms with van der Waals surface area (Å²) in [7, 11) is 0. The maximum Gasteiger partial charge on any atom is 0.348 e. The van der Waals surface area contributed by atoms with Crippen LogP contribution >= 0.6 is 38.9 Å². The number of ether oxygens (including phenoxy) is 1. The summed E-state index contributed by atoms with van der Waals surface area (Å²) in [6.07, 6.45) is 0. The van der Waals surface area contributed by atoms with Crippen molar-refractivity contribution in [1.82, 2.24) is 9.78 Å². The number of carbonyl (C=O) groups is 2. The number of rotatable bonds is 5. The van der Waals surface area contributed by atoms with E-state index in [1.54, 1.807) is 35.0 Å². The second-order valence-electron chi connectivity index (χ2n) is 6.29. The number of carbonyl (C=O) groups excluding carboxylic acids is 2. The Morgan fingerprint density at radius 3 is 2.72 bits per heavy atom. The van der Waals surface area contributed by atoms with Gasteiger partial charge >= 0.3 is 5.97 Å². The van der Waals surface area contributed by atoms with Gasteiger partial charge in [0.15, 0.2) is 12.4 Å². The van der Waals surface area contributed by atoms with Crippen LogP contribution in [-0.4, -0.2) is 28.1 Å². The first-order chi connectivity index (χ1) is 13.9. The van der Waals surface area contributed by atoms with E-state index in [2.05, 4.69) is 21.0 Å². The number of ketones is 1. The Morgan fingerprint density at radius 2 is 1.97 bits per heavy atom. The number of hydrogen-bond donors (Lipinski definition) is 0. The monoisotopic (exact) mass is 488 g/mol. The number of benzene rings is 2. The zero-order valence-corrected chi connectivity index (χ0v) is 18.3. The Bertz CT molecular complexity index is 1250. The molecule has 2 aromatic heterocycles. The first-order valence-corrected chi connectivity index (χ1v) is 10.6. The highest BCUT2D eigenvalue weighted by molar-refractivity contribution is 9.10. The molecule has 146 valence electrons. The van der Waals surface area contributed by atoms with Crippen LogP contribution in [0.5, 0.6) is 0 Å². The van der Waals surface area contributed by atoms with Gasteiger partial charge < -0.3 is 4.74 Å². The fraction of sp³-hybridized carbons (Fsp3) is 0.0952. The number of esters is 1. The minimum Gasteiger partial charge on any atom is -0.453 e. The van der Waals surface area contributed by atoms with Crippen LogP contribution in [0.4, 0.5) is 0 Å². The molecule has 0 fully saturated rings. The molecule has 0 saturated heterocycles. The molecule has 4 rings (SSSR count). The van der Waals surface area contributed by atoms with Gasteiger partial charge in [0.1, 0.15) is 9.71 Å². The molecule has 0 aliphatic carbocycles. The van der Waals surface area contributed by atoms with E-state index in [4.69, 9.17) is 16.3 Å².